The first-order valence-corrected chi connectivity index (χ1v) is 6.26. The van der Waals surface area contributed by atoms with E-state index in [0.29, 0.717) is 22.0 Å². The van der Waals surface area contributed by atoms with Crippen LogP contribution in [0.1, 0.15) is 22.8 Å². The van der Waals surface area contributed by atoms with Gasteiger partial charge in [0.1, 0.15) is 5.75 Å². The van der Waals surface area contributed by atoms with Gasteiger partial charge >= 0.3 is 5.97 Å². The molecule has 3 nitrogen and oxygen atoms in total. The number of carbonyl (C=O) groups is 1. The van der Waals surface area contributed by atoms with Gasteiger partial charge in [0.05, 0.1) is 12.2 Å². The fourth-order valence-corrected chi connectivity index (χ4v) is 2.72. The monoisotopic (exact) mass is 336 g/mol. The normalized spacial score (nSPS) is 10.1. The summed E-state index contributed by atoms with van der Waals surface area (Å²) in [6, 6.07) is 2.94. The van der Waals surface area contributed by atoms with Gasteiger partial charge in [-0.15, -0.1) is 0 Å². The maximum absolute atomic E-state index is 11.6. The van der Waals surface area contributed by atoms with Gasteiger partial charge in [-0.25, -0.2) is 4.79 Å². The lowest BCUT2D eigenvalue weighted by Crippen LogP contribution is -2.07. The summed E-state index contributed by atoms with van der Waals surface area (Å²) in [4.78, 5) is 11.6. The van der Waals surface area contributed by atoms with Crippen LogP contribution in [0, 0.1) is 0 Å². The van der Waals surface area contributed by atoms with E-state index in [1.807, 2.05) is 0 Å². The minimum Gasteiger partial charge on any atom is -0.508 e. The zero-order valence-electron chi connectivity index (χ0n) is 8.09. The Hall–Kier alpha value is -0.550. The molecule has 0 unspecified atom stereocenters. The zero-order chi connectivity index (χ0) is 11.4. The van der Waals surface area contributed by atoms with Crippen molar-refractivity contribution in [3.05, 3.63) is 27.7 Å². The third-order valence-corrected chi connectivity index (χ3v) is 3.08. The van der Waals surface area contributed by atoms with Crippen LogP contribution in [0.25, 0.3) is 0 Å². The van der Waals surface area contributed by atoms with Gasteiger partial charge in [0.2, 0.25) is 0 Å². The molecule has 0 saturated carbocycles. The molecule has 0 radical (unpaired) electrons. The van der Waals surface area contributed by atoms with Crippen LogP contribution in [0.4, 0.5) is 0 Å². The molecule has 1 N–H and O–H groups in total. The van der Waals surface area contributed by atoms with Crippen LogP contribution in [-0.2, 0) is 10.1 Å². The topological polar surface area (TPSA) is 46.5 Å². The number of alkyl halides is 1. The van der Waals surface area contributed by atoms with Crippen molar-refractivity contribution in [2.45, 2.75) is 12.3 Å². The van der Waals surface area contributed by atoms with Crippen molar-refractivity contribution in [2.75, 3.05) is 6.61 Å². The van der Waals surface area contributed by atoms with Gasteiger partial charge in [0, 0.05) is 9.80 Å². The van der Waals surface area contributed by atoms with Gasteiger partial charge in [-0.2, -0.15) is 0 Å². The fraction of sp³-hybridized carbons (Fsp3) is 0.300. The summed E-state index contributed by atoms with van der Waals surface area (Å²) >= 11 is 6.56. The second kappa shape index (κ2) is 5.51. The Morgan fingerprint density at radius 1 is 1.53 bits per heavy atom. The molecule has 0 aliphatic rings. The summed E-state index contributed by atoms with van der Waals surface area (Å²) in [5, 5.41) is 9.89. The number of esters is 1. The number of hydrogen-bond donors (Lipinski definition) is 1. The first-order chi connectivity index (χ1) is 7.10. The van der Waals surface area contributed by atoms with Crippen molar-refractivity contribution in [3.63, 3.8) is 0 Å². The average Bonchev–Trinajstić information content (AvgIpc) is 2.17. The van der Waals surface area contributed by atoms with Crippen molar-refractivity contribution in [3.8, 4) is 5.75 Å². The van der Waals surface area contributed by atoms with Gasteiger partial charge in [-0.1, -0.05) is 31.9 Å². The molecule has 0 atom stereocenters. The lowest BCUT2D eigenvalue weighted by atomic mass is 10.1. The Kier molecular flexibility index (Phi) is 4.60. The van der Waals surface area contributed by atoms with Crippen molar-refractivity contribution in [1.82, 2.24) is 0 Å². The molecular weight excluding hydrogens is 328 g/mol. The van der Waals surface area contributed by atoms with E-state index in [4.69, 9.17) is 4.74 Å². The minimum absolute atomic E-state index is 0.0367. The predicted molar refractivity (Wildman–Crippen MR) is 64.4 cm³/mol. The number of benzene rings is 1. The predicted octanol–water partition coefficient (Wildman–Crippen LogP) is 3.23. The molecule has 1 aromatic rings. The highest BCUT2D eigenvalue weighted by atomic mass is 79.9. The molecule has 82 valence electrons. The Morgan fingerprint density at radius 2 is 2.20 bits per heavy atom. The molecule has 1 rings (SSSR count). The van der Waals surface area contributed by atoms with E-state index in [1.54, 1.807) is 13.0 Å². The lowest BCUT2D eigenvalue weighted by molar-refractivity contribution is 0.0525. The standard InChI is InChI=1S/C10H10Br2O3/c1-2-15-10(14)7-3-6(13)4-9(12)8(7)5-11/h3-4,13H,2,5H2,1H3. The molecule has 0 aliphatic heterocycles. The van der Waals surface area contributed by atoms with Crippen LogP contribution in [-0.4, -0.2) is 17.7 Å². The van der Waals surface area contributed by atoms with E-state index in [-0.39, 0.29) is 5.75 Å². The second-order valence-corrected chi connectivity index (χ2v) is 4.22. The van der Waals surface area contributed by atoms with Crippen molar-refractivity contribution in [1.29, 1.82) is 0 Å². The van der Waals surface area contributed by atoms with Crippen LogP contribution in [0.5, 0.6) is 5.75 Å². The number of carbonyl (C=O) groups excluding carboxylic acids is 1. The van der Waals surface area contributed by atoms with Crippen molar-refractivity contribution in [2.24, 2.45) is 0 Å². The van der Waals surface area contributed by atoms with Gasteiger partial charge in [0.15, 0.2) is 0 Å². The minimum atomic E-state index is -0.427. The van der Waals surface area contributed by atoms with Crippen molar-refractivity contribution < 1.29 is 14.6 Å². The first-order valence-electron chi connectivity index (χ1n) is 4.34. The van der Waals surface area contributed by atoms with Crippen molar-refractivity contribution >= 4 is 37.8 Å². The van der Waals surface area contributed by atoms with Crippen LogP contribution < -0.4 is 0 Å². The number of halogens is 2. The molecule has 0 aromatic heterocycles. The molecule has 0 fully saturated rings. The lowest BCUT2D eigenvalue weighted by Gasteiger charge is -2.09. The Morgan fingerprint density at radius 3 is 2.73 bits per heavy atom. The second-order valence-electron chi connectivity index (χ2n) is 2.81. The molecule has 1 aromatic carbocycles. The molecule has 0 spiro atoms. The van der Waals surface area contributed by atoms with Gasteiger partial charge in [-0.3, -0.25) is 0 Å². The summed E-state index contributed by atoms with van der Waals surface area (Å²) in [5.74, 6) is -0.391. The fourth-order valence-electron chi connectivity index (χ4n) is 1.15. The van der Waals surface area contributed by atoms with E-state index in [1.165, 1.54) is 6.07 Å². The highest BCUT2D eigenvalue weighted by Gasteiger charge is 2.15. The van der Waals surface area contributed by atoms with E-state index in [9.17, 15) is 9.90 Å². The van der Waals surface area contributed by atoms with Gasteiger partial charge in [-0.05, 0) is 24.6 Å². The number of hydrogen-bond acceptors (Lipinski definition) is 3. The molecule has 0 amide bonds. The molecule has 5 heteroatoms. The summed E-state index contributed by atoms with van der Waals surface area (Å²) in [6.07, 6.45) is 0. The summed E-state index contributed by atoms with van der Waals surface area (Å²) in [6.45, 7) is 2.05. The third kappa shape index (κ3) is 2.95. The summed E-state index contributed by atoms with van der Waals surface area (Å²) in [7, 11) is 0. The average molecular weight is 338 g/mol. The Labute approximate surface area is 105 Å². The molecule has 0 heterocycles. The van der Waals surface area contributed by atoms with E-state index < -0.39 is 5.97 Å². The summed E-state index contributed by atoms with van der Waals surface area (Å²) < 4.78 is 5.57. The zero-order valence-corrected chi connectivity index (χ0v) is 11.3. The number of rotatable bonds is 3. The third-order valence-electron chi connectivity index (χ3n) is 1.81. The highest BCUT2D eigenvalue weighted by molar-refractivity contribution is 9.10. The molecular formula is C10H10Br2O3. The van der Waals surface area contributed by atoms with Gasteiger partial charge < -0.3 is 9.84 Å². The Bertz CT molecular complexity index is 377. The SMILES string of the molecule is CCOC(=O)c1cc(O)cc(Br)c1CBr. The maximum atomic E-state index is 11.6. The number of phenols is 1. The molecule has 0 bridgehead atoms. The first kappa shape index (κ1) is 12.5. The van der Waals surface area contributed by atoms with Gasteiger partial charge in [0.25, 0.3) is 0 Å². The largest absolute Gasteiger partial charge is 0.508 e. The number of aromatic hydroxyl groups is 1. The quantitative estimate of drug-likeness (QED) is 0.680. The summed E-state index contributed by atoms with van der Waals surface area (Å²) in [5.41, 5.74) is 1.15. The van der Waals surface area contributed by atoms with E-state index in [2.05, 4.69) is 31.9 Å². The van der Waals surface area contributed by atoms with E-state index in [0.717, 1.165) is 5.56 Å². The number of phenolic OH excluding ortho intramolecular Hbond substituents is 1. The molecule has 15 heavy (non-hydrogen) atoms. The smallest absolute Gasteiger partial charge is 0.338 e. The Balaban J connectivity index is 3.20. The van der Waals surface area contributed by atoms with Crippen LogP contribution in [0.3, 0.4) is 0 Å². The van der Waals surface area contributed by atoms with Crippen LogP contribution >= 0.6 is 31.9 Å². The van der Waals surface area contributed by atoms with Crippen LogP contribution in [0.2, 0.25) is 0 Å². The van der Waals surface area contributed by atoms with Crippen LogP contribution in [0.15, 0.2) is 16.6 Å². The highest BCUT2D eigenvalue weighted by Crippen LogP contribution is 2.28. The van der Waals surface area contributed by atoms with E-state index >= 15 is 0 Å². The maximum Gasteiger partial charge on any atom is 0.338 e. The number of ether oxygens (including phenoxy) is 1. The molecule has 0 saturated heterocycles. The molecule has 0 aliphatic carbocycles.